The number of hydrogen-bond donors (Lipinski definition) is 1. The van der Waals surface area contributed by atoms with Crippen LogP contribution in [0.15, 0.2) is 36.4 Å². The van der Waals surface area contributed by atoms with Crippen LogP contribution in [0.25, 0.3) is 10.8 Å². The Labute approximate surface area is 147 Å². The molecule has 4 heteroatoms. The first-order chi connectivity index (χ1) is 10.5. The maximum atomic E-state index is 8.93. The van der Waals surface area contributed by atoms with E-state index in [1.54, 1.807) is 13.8 Å². The molecule has 2 aromatic rings. The van der Waals surface area contributed by atoms with Crippen molar-refractivity contribution in [3.05, 3.63) is 47.5 Å². The molecule has 1 atom stereocenters. The number of nitrogens with two attached hydrogens (primary N) is 1. The van der Waals surface area contributed by atoms with Crippen LogP contribution in [0.4, 0.5) is 0 Å². The Kier molecular flexibility index (Phi) is 12.5. The van der Waals surface area contributed by atoms with Gasteiger partial charge in [-0.05, 0) is 0 Å². The summed E-state index contributed by atoms with van der Waals surface area (Å²) in [5.74, 6) is 0. The van der Waals surface area contributed by atoms with Crippen molar-refractivity contribution in [3.63, 3.8) is 0 Å². The second kappa shape index (κ2) is 12.9. The van der Waals surface area contributed by atoms with Crippen molar-refractivity contribution < 1.29 is 10.2 Å². The molecule has 120 valence electrons. The zero-order valence-corrected chi connectivity index (χ0v) is 17.1. The summed E-state index contributed by atoms with van der Waals surface area (Å²) < 4.78 is 1.29. The van der Waals surface area contributed by atoms with Gasteiger partial charge in [-0.2, -0.15) is 0 Å². The zero-order chi connectivity index (χ0) is 17.0. The molecular weight excluding hydrogens is 381 g/mol. The zero-order valence-electron chi connectivity index (χ0n) is 13.8. The SMILES string of the molecule is CC(N)c1cc2ccccc2cc1C[CH2][SnH+2].CC[O-].CC[O-]. The van der Waals surface area contributed by atoms with E-state index in [1.165, 1.54) is 55.3 Å². The van der Waals surface area contributed by atoms with E-state index in [0.29, 0.717) is 0 Å². The quantitative estimate of drug-likeness (QED) is 0.782. The third-order valence-electron chi connectivity index (χ3n) is 2.91. The summed E-state index contributed by atoms with van der Waals surface area (Å²) in [5, 5.41) is 20.5. The van der Waals surface area contributed by atoms with Crippen LogP contribution in [0, 0.1) is 0 Å². The van der Waals surface area contributed by atoms with E-state index < -0.39 is 0 Å². The number of hydrogen-bond acceptors (Lipinski definition) is 3. The molecule has 0 aliphatic rings. The molecule has 0 aromatic heterocycles. The van der Waals surface area contributed by atoms with Crippen molar-refractivity contribution >= 4 is 33.3 Å². The van der Waals surface area contributed by atoms with Gasteiger partial charge in [0, 0.05) is 0 Å². The minimum atomic E-state index is 0. The standard InChI is InChI=1S/C14H16N.2C2H5O.Sn.H/c1-3-11-8-12-6-4-5-7-13(12)9-14(11)10(2)15;2*1-2-3;;/h4-10H,1,3,15H2,2H3;2*2H2,1H3;;/q;2*-1;+2;. The molecule has 0 aliphatic carbocycles. The fourth-order valence-corrected chi connectivity index (χ4v) is 2.99. The summed E-state index contributed by atoms with van der Waals surface area (Å²) in [6, 6.07) is 13.2. The third kappa shape index (κ3) is 7.58. The summed E-state index contributed by atoms with van der Waals surface area (Å²) in [6.07, 6.45) is 1.17. The third-order valence-corrected chi connectivity index (χ3v) is 3.74. The molecule has 0 aliphatic heterocycles. The molecule has 1 unspecified atom stereocenters. The predicted molar refractivity (Wildman–Crippen MR) is 93.3 cm³/mol. The molecule has 2 N–H and O–H groups in total. The largest absolute Gasteiger partial charge is 0.855 e. The minimum absolute atomic E-state index is 0. The number of benzene rings is 2. The topological polar surface area (TPSA) is 72.1 Å². The Morgan fingerprint density at radius 1 is 1.05 bits per heavy atom. The van der Waals surface area contributed by atoms with Gasteiger partial charge in [0.2, 0.25) is 0 Å². The van der Waals surface area contributed by atoms with Gasteiger partial charge >= 0.3 is 110 Å². The Morgan fingerprint density at radius 2 is 1.50 bits per heavy atom. The molecule has 22 heavy (non-hydrogen) atoms. The van der Waals surface area contributed by atoms with E-state index in [-0.39, 0.29) is 19.3 Å². The molecule has 3 nitrogen and oxygen atoms in total. The molecule has 2 aromatic carbocycles. The molecule has 0 spiro atoms. The van der Waals surface area contributed by atoms with Crippen molar-refractivity contribution in [3.8, 4) is 0 Å². The number of aryl methyl sites for hydroxylation is 1. The average Bonchev–Trinajstić information content (AvgIpc) is 2.48. The molecule has 0 saturated heterocycles. The second-order valence-electron chi connectivity index (χ2n) is 4.80. The Balaban J connectivity index is 0.000000639. The molecule has 0 fully saturated rings. The van der Waals surface area contributed by atoms with E-state index in [0.717, 1.165) is 0 Å². The van der Waals surface area contributed by atoms with Crippen LogP contribution in [0.5, 0.6) is 0 Å². The molecule has 0 heterocycles. The van der Waals surface area contributed by atoms with Gasteiger partial charge in [-0.25, -0.2) is 0 Å². The summed E-state index contributed by atoms with van der Waals surface area (Å²) >= 11 is 1.32. The molecule has 0 bridgehead atoms. The van der Waals surface area contributed by atoms with E-state index in [9.17, 15) is 0 Å². The number of fused-ring (bicyclic) bond motifs is 1. The smallest absolute Gasteiger partial charge is 0.0809 e. The first-order valence-electron chi connectivity index (χ1n) is 7.68. The normalized spacial score (nSPS) is 11.0. The van der Waals surface area contributed by atoms with E-state index >= 15 is 0 Å². The number of rotatable bonds is 3. The van der Waals surface area contributed by atoms with Gasteiger partial charge in [-0.1, -0.05) is 13.8 Å². The van der Waals surface area contributed by atoms with E-state index in [4.69, 9.17) is 15.9 Å². The maximum Gasteiger partial charge on any atom is -0.0809 e. The second-order valence-corrected chi connectivity index (χ2v) is 6.45. The van der Waals surface area contributed by atoms with Crippen molar-refractivity contribution in [2.75, 3.05) is 13.2 Å². The van der Waals surface area contributed by atoms with Gasteiger partial charge in [0.1, 0.15) is 0 Å². The Bertz CT molecular complexity index is 527. The molecular formula is C18H27NO2Sn. The van der Waals surface area contributed by atoms with Crippen LogP contribution in [0.2, 0.25) is 4.44 Å². The summed E-state index contributed by atoms with van der Waals surface area (Å²) in [4.78, 5) is 0. The average molecular weight is 408 g/mol. The fourth-order valence-electron chi connectivity index (χ4n) is 2.10. The summed E-state index contributed by atoms with van der Waals surface area (Å²) in [5.41, 5.74) is 8.79. The van der Waals surface area contributed by atoms with Crippen LogP contribution < -0.4 is 15.9 Å². The summed E-state index contributed by atoms with van der Waals surface area (Å²) in [6.45, 7) is 5.21. The van der Waals surface area contributed by atoms with Gasteiger partial charge < -0.3 is 10.2 Å². The van der Waals surface area contributed by atoms with Gasteiger partial charge in [0.15, 0.2) is 0 Å². The van der Waals surface area contributed by atoms with Crippen molar-refractivity contribution in [2.45, 2.75) is 37.7 Å². The minimum Gasteiger partial charge on any atom is -0.855 e. The summed E-state index contributed by atoms with van der Waals surface area (Å²) in [7, 11) is 0. The van der Waals surface area contributed by atoms with E-state index in [1.807, 2.05) is 0 Å². The van der Waals surface area contributed by atoms with Crippen LogP contribution >= 0.6 is 0 Å². The fraction of sp³-hybridized carbons (Fsp3) is 0.444. The van der Waals surface area contributed by atoms with Crippen molar-refractivity contribution in [1.29, 1.82) is 0 Å². The molecule has 2 rings (SSSR count). The van der Waals surface area contributed by atoms with Crippen molar-refractivity contribution in [2.24, 2.45) is 5.73 Å². The van der Waals surface area contributed by atoms with Gasteiger partial charge in [0.05, 0.1) is 0 Å². The van der Waals surface area contributed by atoms with Crippen LogP contribution in [-0.2, 0) is 6.42 Å². The molecule has 0 amide bonds. The predicted octanol–water partition coefficient (Wildman–Crippen LogP) is 1.45. The van der Waals surface area contributed by atoms with E-state index in [2.05, 4.69) is 43.3 Å². The Hall–Kier alpha value is -0.621. The first kappa shape index (κ1) is 21.4. The van der Waals surface area contributed by atoms with Crippen LogP contribution in [-0.4, -0.2) is 35.7 Å². The molecule has 0 saturated carbocycles. The van der Waals surface area contributed by atoms with Crippen molar-refractivity contribution in [1.82, 2.24) is 0 Å². The van der Waals surface area contributed by atoms with Gasteiger partial charge in [0.25, 0.3) is 0 Å². The van der Waals surface area contributed by atoms with Crippen LogP contribution in [0.1, 0.15) is 37.9 Å². The first-order valence-corrected chi connectivity index (χ1v) is 10.0. The Morgan fingerprint density at radius 3 is 1.91 bits per heavy atom. The monoisotopic (exact) mass is 409 g/mol. The van der Waals surface area contributed by atoms with Gasteiger partial charge in [-0.15, -0.1) is 13.2 Å². The van der Waals surface area contributed by atoms with Crippen LogP contribution in [0.3, 0.4) is 0 Å². The molecule has 0 radical (unpaired) electrons. The van der Waals surface area contributed by atoms with Gasteiger partial charge in [-0.3, -0.25) is 0 Å². The maximum absolute atomic E-state index is 8.93.